The maximum atomic E-state index is 6.52. The molecule has 0 aliphatic heterocycles. The van der Waals surface area contributed by atoms with Crippen molar-refractivity contribution in [3.63, 3.8) is 0 Å². The van der Waals surface area contributed by atoms with Crippen LogP contribution in [0.1, 0.15) is 0 Å². The molecular weight excluding hydrogens is 743 g/mol. The van der Waals surface area contributed by atoms with Crippen LogP contribution >= 0.6 is 0 Å². The van der Waals surface area contributed by atoms with E-state index in [1.807, 2.05) is 42.5 Å². The molecule has 0 aliphatic rings. The number of hydrogen-bond acceptors (Lipinski definition) is 4. The summed E-state index contributed by atoms with van der Waals surface area (Å²) in [5.41, 5.74) is 11.5. The first-order valence-corrected chi connectivity index (χ1v) is 20.6. The van der Waals surface area contributed by atoms with Gasteiger partial charge in [-0.15, -0.1) is 0 Å². The minimum absolute atomic E-state index is 0.635. The van der Waals surface area contributed by atoms with Crippen LogP contribution in [0.15, 0.2) is 217 Å². The van der Waals surface area contributed by atoms with E-state index < -0.39 is 0 Å². The minimum atomic E-state index is 0.635. The van der Waals surface area contributed by atoms with Crippen molar-refractivity contribution in [2.45, 2.75) is 0 Å². The Hall–Kier alpha value is -8.21. The normalized spacial score (nSPS) is 11.6. The summed E-state index contributed by atoms with van der Waals surface area (Å²) in [6, 6.07) is 74.8. The molecule has 0 radical (unpaired) electrons. The summed E-state index contributed by atoms with van der Waals surface area (Å²) in [7, 11) is 0. The van der Waals surface area contributed by atoms with Gasteiger partial charge in [0.2, 0.25) is 0 Å². The van der Waals surface area contributed by atoms with Crippen molar-refractivity contribution in [3.8, 4) is 67.5 Å². The molecule has 0 saturated heterocycles. The highest BCUT2D eigenvalue weighted by Crippen LogP contribution is 2.42. The quantitative estimate of drug-likeness (QED) is 0.169. The standard InChI is InChI=1S/C57H35N3O/c1-2-13-38(14-3-1)55-58-56(60-57(59-55)46-31-26-36-12-4-5-15-39(36)34-46)45-19-8-18-40(35-45)41-27-28-43-33-44(30-29-42(43)32-41)47-21-9-16-37-17-10-22-49(53(37)47)51-24-11-23-50-48-20-6-7-25-52(48)61-54(50)51/h1-35H. The number of furan rings is 1. The van der Waals surface area contributed by atoms with Gasteiger partial charge in [0.15, 0.2) is 17.5 Å². The van der Waals surface area contributed by atoms with E-state index in [4.69, 9.17) is 19.4 Å². The third-order valence-corrected chi connectivity index (χ3v) is 11.9. The second kappa shape index (κ2) is 14.3. The number of benzene rings is 10. The van der Waals surface area contributed by atoms with Gasteiger partial charge in [-0.2, -0.15) is 0 Å². The first-order valence-electron chi connectivity index (χ1n) is 20.6. The van der Waals surface area contributed by atoms with Crippen LogP contribution in [0.2, 0.25) is 0 Å². The maximum Gasteiger partial charge on any atom is 0.164 e. The molecule has 12 aromatic rings. The number of rotatable bonds is 6. The van der Waals surface area contributed by atoms with Gasteiger partial charge in [0, 0.05) is 33.0 Å². The fraction of sp³-hybridized carbons (Fsp3) is 0. The van der Waals surface area contributed by atoms with Crippen LogP contribution < -0.4 is 0 Å². The second-order valence-electron chi connectivity index (χ2n) is 15.6. The third-order valence-electron chi connectivity index (χ3n) is 11.9. The Morgan fingerprint density at radius 2 is 0.770 bits per heavy atom. The topological polar surface area (TPSA) is 51.8 Å². The van der Waals surface area contributed by atoms with Gasteiger partial charge in [-0.1, -0.05) is 182 Å². The van der Waals surface area contributed by atoms with E-state index in [1.165, 1.54) is 38.1 Å². The molecule has 0 bridgehead atoms. The van der Waals surface area contributed by atoms with Crippen LogP contribution in [-0.2, 0) is 0 Å². The molecule has 12 rings (SSSR count). The first kappa shape index (κ1) is 34.8. The van der Waals surface area contributed by atoms with Gasteiger partial charge >= 0.3 is 0 Å². The highest BCUT2D eigenvalue weighted by atomic mass is 16.3. The molecule has 4 nitrogen and oxygen atoms in total. The summed E-state index contributed by atoms with van der Waals surface area (Å²) in [6.45, 7) is 0. The highest BCUT2D eigenvalue weighted by molar-refractivity contribution is 6.14. The molecule has 0 spiro atoms. The minimum Gasteiger partial charge on any atom is -0.455 e. The zero-order chi connectivity index (χ0) is 40.3. The lowest BCUT2D eigenvalue weighted by Crippen LogP contribution is -2.00. The van der Waals surface area contributed by atoms with E-state index in [2.05, 4.69) is 170 Å². The Morgan fingerprint density at radius 3 is 1.61 bits per heavy atom. The molecule has 0 saturated carbocycles. The van der Waals surface area contributed by atoms with Crippen LogP contribution in [0, 0.1) is 0 Å². The van der Waals surface area contributed by atoms with Crippen molar-refractivity contribution in [1.29, 1.82) is 0 Å². The van der Waals surface area contributed by atoms with Crippen molar-refractivity contribution in [1.82, 2.24) is 15.0 Å². The van der Waals surface area contributed by atoms with Gasteiger partial charge in [0.25, 0.3) is 0 Å². The molecule has 4 heteroatoms. The molecule has 61 heavy (non-hydrogen) atoms. The number of hydrogen-bond donors (Lipinski definition) is 0. The molecule has 0 N–H and O–H groups in total. The molecule has 284 valence electrons. The molecule has 0 fully saturated rings. The molecule has 0 amide bonds. The van der Waals surface area contributed by atoms with E-state index in [0.29, 0.717) is 17.5 Å². The van der Waals surface area contributed by atoms with Gasteiger partial charge < -0.3 is 4.42 Å². The summed E-state index contributed by atoms with van der Waals surface area (Å²) >= 11 is 0. The van der Waals surface area contributed by atoms with E-state index in [0.717, 1.165) is 66.3 Å². The summed E-state index contributed by atoms with van der Waals surface area (Å²) in [5, 5.41) is 9.34. The van der Waals surface area contributed by atoms with Crippen molar-refractivity contribution in [2.75, 3.05) is 0 Å². The third kappa shape index (κ3) is 6.12. The Balaban J connectivity index is 0.924. The SMILES string of the molecule is c1ccc(-c2nc(-c3cccc(-c4ccc5cc(-c6cccc7cccc(-c8cccc9c8oc8ccccc89)c67)ccc5c4)c3)nc(-c3ccc4ccccc4c3)n2)cc1. The van der Waals surface area contributed by atoms with Gasteiger partial charge in [-0.25, -0.2) is 15.0 Å². The fourth-order valence-electron chi connectivity index (χ4n) is 8.87. The molecular formula is C57H35N3O. The van der Waals surface area contributed by atoms with E-state index in [9.17, 15) is 0 Å². The largest absolute Gasteiger partial charge is 0.455 e. The lowest BCUT2D eigenvalue weighted by molar-refractivity contribution is 0.670. The van der Waals surface area contributed by atoms with E-state index in [-0.39, 0.29) is 0 Å². The Bertz CT molecular complexity index is 3660. The van der Waals surface area contributed by atoms with Crippen LogP contribution in [0.25, 0.3) is 122 Å². The number of fused-ring (bicyclic) bond motifs is 6. The summed E-state index contributed by atoms with van der Waals surface area (Å²) in [4.78, 5) is 15.1. The molecule has 10 aromatic carbocycles. The van der Waals surface area contributed by atoms with Crippen LogP contribution in [0.4, 0.5) is 0 Å². The van der Waals surface area contributed by atoms with Crippen molar-refractivity contribution >= 4 is 54.3 Å². The van der Waals surface area contributed by atoms with Crippen LogP contribution in [0.3, 0.4) is 0 Å². The predicted molar refractivity (Wildman–Crippen MR) is 252 cm³/mol. The fourth-order valence-corrected chi connectivity index (χ4v) is 8.87. The Kier molecular flexibility index (Phi) is 8.13. The molecule has 0 unspecified atom stereocenters. The first-order chi connectivity index (χ1) is 30.2. The smallest absolute Gasteiger partial charge is 0.164 e. The highest BCUT2D eigenvalue weighted by Gasteiger charge is 2.17. The van der Waals surface area contributed by atoms with E-state index in [1.54, 1.807) is 0 Å². The second-order valence-corrected chi connectivity index (χ2v) is 15.6. The van der Waals surface area contributed by atoms with Gasteiger partial charge in [-0.05, 0) is 90.5 Å². The van der Waals surface area contributed by atoms with E-state index >= 15 is 0 Å². The molecule has 2 aromatic heterocycles. The predicted octanol–water partition coefficient (Wildman–Crippen LogP) is 15.2. The average molecular weight is 778 g/mol. The summed E-state index contributed by atoms with van der Waals surface area (Å²) < 4.78 is 6.52. The van der Waals surface area contributed by atoms with Crippen molar-refractivity contribution in [2.24, 2.45) is 0 Å². The number of nitrogens with zero attached hydrogens (tertiary/aromatic N) is 3. The monoisotopic (exact) mass is 777 g/mol. The van der Waals surface area contributed by atoms with Crippen LogP contribution in [-0.4, -0.2) is 15.0 Å². The average Bonchev–Trinajstić information content (AvgIpc) is 3.72. The summed E-state index contributed by atoms with van der Waals surface area (Å²) in [6.07, 6.45) is 0. The molecule has 2 heterocycles. The van der Waals surface area contributed by atoms with Gasteiger partial charge in [0.05, 0.1) is 0 Å². The van der Waals surface area contributed by atoms with Gasteiger partial charge in [0.1, 0.15) is 11.2 Å². The van der Waals surface area contributed by atoms with Crippen molar-refractivity contribution in [3.05, 3.63) is 212 Å². The van der Waals surface area contributed by atoms with Crippen molar-refractivity contribution < 1.29 is 4.42 Å². The maximum absolute atomic E-state index is 6.52. The molecule has 0 aliphatic carbocycles. The Morgan fingerprint density at radius 1 is 0.279 bits per heavy atom. The zero-order valence-corrected chi connectivity index (χ0v) is 33.0. The number of aromatic nitrogens is 3. The summed E-state index contributed by atoms with van der Waals surface area (Å²) in [5.74, 6) is 1.92. The van der Waals surface area contributed by atoms with Gasteiger partial charge in [-0.3, -0.25) is 0 Å². The number of para-hydroxylation sites is 2. The zero-order valence-electron chi connectivity index (χ0n) is 33.0. The lowest BCUT2D eigenvalue weighted by Gasteiger charge is -2.14. The van der Waals surface area contributed by atoms with Crippen LogP contribution in [0.5, 0.6) is 0 Å². The molecule has 0 atom stereocenters. The lowest BCUT2D eigenvalue weighted by atomic mass is 9.90. The Labute approximate surface area is 352 Å².